The molecule has 0 radical (unpaired) electrons. The zero-order valence-electron chi connectivity index (χ0n) is 14.4. The third-order valence-electron chi connectivity index (χ3n) is 3.76. The monoisotopic (exact) mass is 348 g/mol. The molecule has 0 bridgehead atoms. The van der Waals surface area contributed by atoms with Crippen molar-refractivity contribution in [1.82, 2.24) is 4.98 Å². The molecule has 0 spiro atoms. The highest BCUT2D eigenvalue weighted by Crippen LogP contribution is 2.20. The van der Waals surface area contributed by atoms with Crippen LogP contribution in [0.15, 0.2) is 24.3 Å². The van der Waals surface area contributed by atoms with Gasteiger partial charge in [-0.15, -0.1) is 21.5 Å². The number of rotatable bonds is 9. The summed E-state index contributed by atoms with van der Waals surface area (Å²) in [4.78, 5) is 20.2. The van der Waals surface area contributed by atoms with Crippen LogP contribution in [0.3, 0.4) is 0 Å². The molecule has 0 saturated carbocycles. The van der Waals surface area contributed by atoms with Crippen LogP contribution in [0.2, 0.25) is 0 Å². The highest BCUT2D eigenvalue weighted by atomic mass is 32.1. The van der Waals surface area contributed by atoms with Crippen LogP contribution in [0.4, 0.5) is 0 Å². The van der Waals surface area contributed by atoms with Gasteiger partial charge in [-0.2, -0.15) is 0 Å². The highest BCUT2D eigenvalue weighted by Gasteiger charge is 2.09. The fourth-order valence-electron chi connectivity index (χ4n) is 2.60. The molecule has 1 heterocycles. The third kappa shape index (κ3) is 5.92. The SMILES string of the molecule is Cc1nc(CCc2ccc(CC(C)C)cc2)sc1CCO[N+](=O)[O-]. The van der Waals surface area contributed by atoms with Crippen LogP contribution >= 0.6 is 11.3 Å². The lowest BCUT2D eigenvalue weighted by molar-refractivity contribution is -0.757. The molecule has 0 fully saturated rings. The highest BCUT2D eigenvalue weighted by molar-refractivity contribution is 7.11. The Hall–Kier alpha value is -1.95. The van der Waals surface area contributed by atoms with E-state index in [1.165, 1.54) is 11.1 Å². The first kappa shape index (κ1) is 18.4. The van der Waals surface area contributed by atoms with Crippen molar-refractivity contribution in [2.45, 2.75) is 46.5 Å². The fourth-order valence-corrected chi connectivity index (χ4v) is 3.65. The van der Waals surface area contributed by atoms with Gasteiger partial charge in [-0.1, -0.05) is 38.1 Å². The number of benzene rings is 1. The van der Waals surface area contributed by atoms with Gasteiger partial charge in [-0.3, -0.25) is 0 Å². The zero-order chi connectivity index (χ0) is 17.5. The van der Waals surface area contributed by atoms with Crippen molar-refractivity contribution in [3.63, 3.8) is 0 Å². The molecule has 6 heteroatoms. The molecule has 0 saturated heterocycles. The van der Waals surface area contributed by atoms with Crippen LogP contribution in [0.1, 0.15) is 40.6 Å². The van der Waals surface area contributed by atoms with Gasteiger partial charge >= 0.3 is 0 Å². The molecule has 2 aromatic rings. The predicted molar refractivity (Wildman–Crippen MR) is 95.9 cm³/mol. The minimum absolute atomic E-state index is 0.0901. The summed E-state index contributed by atoms with van der Waals surface area (Å²) in [5.74, 6) is 0.673. The van der Waals surface area contributed by atoms with Crippen molar-refractivity contribution >= 4 is 11.3 Å². The van der Waals surface area contributed by atoms with Crippen LogP contribution < -0.4 is 0 Å². The van der Waals surface area contributed by atoms with Gasteiger partial charge in [0.1, 0.15) is 6.61 Å². The number of hydrogen-bond donors (Lipinski definition) is 0. The Morgan fingerprint density at radius 1 is 1.17 bits per heavy atom. The summed E-state index contributed by atoms with van der Waals surface area (Å²) in [6, 6.07) is 8.82. The fraction of sp³-hybridized carbons (Fsp3) is 0.500. The van der Waals surface area contributed by atoms with E-state index >= 15 is 0 Å². The van der Waals surface area contributed by atoms with Crippen molar-refractivity contribution in [1.29, 1.82) is 0 Å². The van der Waals surface area contributed by atoms with Crippen LogP contribution in [0, 0.1) is 23.0 Å². The first-order valence-electron chi connectivity index (χ1n) is 8.24. The summed E-state index contributed by atoms with van der Waals surface area (Å²) in [5, 5.41) is 10.5. The standard InChI is InChI=1S/C18H24N2O3S/c1-13(2)12-16-6-4-15(5-7-16)8-9-18-19-14(3)17(24-18)10-11-23-20(21)22/h4-7,13H,8-12H2,1-3H3. The molecule has 0 aliphatic carbocycles. The van der Waals surface area contributed by atoms with Crippen LogP contribution in [-0.4, -0.2) is 16.7 Å². The second-order valence-corrected chi connectivity index (χ2v) is 7.51. The summed E-state index contributed by atoms with van der Waals surface area (Å²) < 4.78 is 0. The van der Waals surface area contributed by atoms with E-state index < -0.39 is 5.09 Å². The van der Waals surface area contributed by atoms with Crippen molar-refractivity contribution in [2.75, 3.05) is 6.61 Å². The van der Waals surface area contributed by atoms with E-state index in [0.29, 0.717) is 12.3 Å². The molecule has 2 rings (SSSR count). The number of thiazole rings is 1. The molecule has 0 atom stereocenters. The van der Waals surface area contributed by atoms with E-state index in [2.05, 4.69) is 47.9 Å². The number of hydrogen-bond acceptors (Lipinski definition) is 5. The maximum atomic E-state index is 10.2. The second kappa shape index (κ2) is 8.78. The van der Waals surface area contributed by atoms with E-state index in [1.54, 1.807) is 11.3 Å². The molecule has 1 aromatic heterocycles. The predicted octanol–water partition coefficient (Wildman–Crippen LogP) is 4.19. The third-order valence-corrected chi connectivity index (χ3v) is 5.03. The average molecular weight is 348 g/mol. The second-order valence-electron chi connectivity index (χ2n) is 6.34. The zero-order valence-corrected chi connectivity index (χ0v) is 15.3. The van der Waals surface area contributed by atoms with E-state index in [0.717, 1.165) is 34.8 Å². The van der Waals surface area contributed by atoms with Gasteiger partial charge in [-0.05, 0) is 36.8 Å². The first-order chi connectivity index (χ1) is 11.4. The minimum atomic E-state index is -0.750. The van der Waals surface area contributed by atoms with Gasteiger partial charge in [0.2, 0.25) is 0 Å². The molecule has 1 aromatic carbocycles. The topological polar surface area (TPSA) is 65.3 Å². The summed E-state index contributed by atoms with van der Waals surface area (Å²) in [7, 11) is 0. The van der Waals surface area contributed by atoms with Crippen LogP contribution in [-0.2, 0) is 30.5 Å². The average Bonchev–Trinajstić information content (AvgIpc) is 2.86. The molecule has 0 aliphatic heterocycles. The number of aromatic nitrogens is 1. The molecule has 0 unspecified atom stereocenters. The largest absolute Gasteiger partial charge is 0.314 e. The Balaban J connectivity index is 1.86. The van der Waals surface area contributed by atoms with Crippen LogP contribution in [0.25, 0.3) is 0 Å². The van der Waals surface area contributed by atoms with Gasteiger partial charge in [0.15, 0.2) is 0 Å². The summed E-state index contributed by atoms with van der Waals surface area (Å²) >= 11 is 1.63. The molecular formula is C18H24N2O3S. The van der Waals surface area contributed by atoms with Crippen molar-refractivity contribution in [2.24, 2.45) is 5.92 Å². The van der Waals surface area contributed by atoms with Gasteiger partial charge in [0.05, 0.1) is 10.7 Å². The Morgan fingerprint density at radius 2 is 1.83 bits per heavy atom. The van der Waals surface area contributed by atoms with E-state index in [-0.39, 0.29) is 6.61 Å². The minimum Gasteiger partial charge on any atom is -0.314 e. The maximum Gasteiger partial charge on any atom is 0.294 e. The van der Waals surface area contributed by atoms with Crippen LogP contribution in [0.5, 0.6) is 0 Å². The molecular weight excluding hydrogens is 324 g/mol. The normalized spacial score (nSPS) is 11.0. The lowest BCUT2D eigenvalue weighted by Crippen LogP contribution is -2.04. The Kier molecular flexibility index (Phi) is 6.73. The lowest BCUT2D eigenvalue weighted by Gasteiger charge is -2.06. The van der Waals surface area contributed by atoms with Gasteiger partial charge < -0.3 is 4.84 Å². The van der Waals surface area contributed by atoms with Gasteiger partial charge in [-0.25, -0.2) is 4.98 Å². The maximum absolute atomic E-state index is 10.2. The quantitative estimate of drug-likeness (QED) is 0.503. The van der Waals surface area contributed by atoms with Gasteiger partial charge in [0.25, 0.3) is 5.09 Å². The van der Waals surface area contributed by atoms with Crippen molar-refractivity contribution < 1.29 is 9.92 Å². The summed E-state index contributed by atoms with van der Waals surface area (Å²) in [6.45, 7) is 6.50. The van der Waals surface area contributed by atoms with E-state index in [9.17, 15) is 10.1 Å². The molecule has 24 heavy (non-hydrogen) atoms. The molecule has 130 valence electrons. The first-order valence-corrected chi connectivity index (χ1v) is 9.06. The van der Waals surface area contributed by atoms with Crippen molar-refractivity contribution in [3.8, 4) is 0 Å². The summed E-state index contributed by atoms with van der Waals surface area (Å²) in [6.07, 6.45) is 3.50. The Labute approximate surface area is 146 Å². The summed E-state index contributed by atoms with van der Waals surface area (Å²) in [5.41, 5.74) is 3.65. The molecule has 0 aliphatic rings. The number of nitrogens with zero attached hydrogens (tertiary/aromatic N) is 2. The molecule has 5 nitrogen and oxygen atoms in total. The van der Waals surface area contributed by atoms with Gasteiger partial charge in [0, 0.05) is 17.7 Å². The smallest absolute Gasteiger partial charge is 0.294 e. The van der Waals surface area contributed by atoms with Crippen molar-refractivity contribution in [3.05, 3.63) is 61.1 Å². The molecule has 0 amide bonds. The van der Waals surface area contributed by atoms with E-state index in [1.807, 2.05) is 6.92 Å². The Morgan fingerprint density at radius 3 is 2.46 bits per heavy atom. The van der Waals surface area contributed by atoms with E-state index in [4.69, 9.17) is 0 Å². The Bertz CT molecular complexity index is 665. The lowest BCUT2D eigenvalue weighted by atomic mass is 10.0. The molecule has 0 N–H and O–H groups in total. The number of aryl methyl sites for hydroxylation is 3.